The highest BCUT2D eigenvalue weighted by atomic mass is 16.1. The molecule has 0 saturated carbocycles. The largest absolute Gasteiger partial charge is 0.303 e. The van der Waals surface area contributed by atoms with E-state index >= 15 is 0 Å². The van der Waals surface area contributed by atoms with E-state index in [1.165, 1.54) is 0 Å². The van der Waals surface area contributed by atoms with Crippen molar-refractivity contribution in [3.8, 4) is 0 Å². The molecule has 1 aromatic carbocycles. The second-order valence-electron chi connectivity index (χ2n) is 3.65. The summed E-state index contributed by atoms with van der Waals surface area (Å²) in [6.07, 6.45) is 2.80. The number of hydrogen-bond acceptors (Lipinski definition) is 1. The molecule has 0 spiro atoms. The van der Waals surface area contributed by atoms with Gasteiger partial charge in [-0.25, -0.2) is 0 Å². The summed E-state index contributed by atoms with van der Waals surface area (Å²) in [6, 6.07) is 9.89. The van der Waals surface area contributed by atoms with E-state index in [4.69, 9.17) is 0 Å². The molecule has 0 bridgehead atoms. The van der Waals surface area contributed by atoms with Crippen LogP contribution in [0.5, 0.6) is 0 Å². The first-order valence-corrected chi connectivity index (χ1v) is 4.88. The topological polar surface area (TPSA) is 17.1 Å². The lowest BCUT2D eigenvalue weighted by Crippen LogP contribution is -2.00. The first-order valence-electron chi connectivity index (χ1n) is 4.88. The molecule has 0 amide bonds. The number of aldehydes is 1. The van der Waals surface area contributed by atoms with Crippen LogP contribution in [0.1, 0.15) is 31.2 Å². The molecule has 1 aromatic rings. The minimum absolute atomic E-state index is 0.0212. The number of rotatable bonds is 5. The molecule has 0 heterocycles. The average molecular weight is 188 g/mol. The molecule has 0 aliphatic heterocycles. The van der Waals surface area contributed by atoms with Gasteiger partial charge in [0, 0.05) is 5.92 Å². The van der Waals surface area contributed by atoms with Crippen molar-refractivity contribution in [2.75, 3.05) is 0 Å². The quantitative estimate of drug-likeness (QED) is 0.511. The number of carbonyl (C=O) groups is 1. The van der Waals surface area contributed by atoms with Gasteiger partial charge in [0.05, 0.1) is 0 Å². The predicted molar refractivity (Wildman–Crippen MR) is 59.3 cm³/mol. The molecular weight excluding hydrogens is 172 g/mol. The van der Waals surface area contributed by atoms with E-state index in [9.17, 15) is 4.79 Å². The van der Waals surface area contributed by atoms with Crippen LogP contribution in [-0.4, -0.2) is 6.29 Å². The smallest absolute Gasteiger partial charge is 0.127 e. The van der Waals surface area contributed by atoms with Crippen molar-refractivity contribution in [3.63, 3.8) is 0 Å². The normalized spacial score (nSPS) is 12.1. The molecule has 1 rings (SSSR count). The Morgan fingerprint density at radius 2 is 2.07 bits per heavy atom. The maximum atomic E-state index is 10.9. The van der Waals surface area contributed by atoms with Crippen molar-refractivity contribution < 1.29 is 4.79 Å². The predicted octanol–water partition coefficient (Wildman–Crippen LogP) is 3.33. The molecule has 0 aliphatic rings. The van der Waals surface area contributed by atoms with Gasteiger partial charge in [-0.3, -0.25) is 0 Å². The summed E-state index contributed by atoms with van der Waals surface area (Å²) in [4.78, 5) is 10.9. The molecule has 0 saturated heterocycles. The third kappa shape index (κ3) is 3.17. The molecule has 1 atom stereocenters. The summed E-state index contributed by atoms with van der Waals surface area (Å²) in [6.45, 7) is 5.83. The summed E-state index contributed by atoms with van der Waals surface area (Å²) in [5.41, 5.74) is 2.23. The summed E-state index contributed by atoms with van der Waals surface area (Å²) in [7, 11) is 0. The highest BCUT2D eigenvalue weighted by molar-refractivity contribution is 5.61. The van der Waals surface area contributed by atoms with Gasteiger partial charge in [-0.1, -0.05) is 35.9 Å². The van der Waals surface area contributed by atoms with Crippen molar-refractivity contribution in [2.45, 2.75) is 25.7 Å². The standard InChI is InChI=1S/C13H16O/c1-11(2)8-9-13(10-14)12-6-4-3-5-7-12/h3-7,10,13H,1,8-9H2,2H3. The first kappa shape index (κ1) is 10.7. The van der Waals surface area contributed by atoms with Gasteiger partial charge in [0.25, 0.3) is 0 Å². The fourth-order valence-corrected chi connectivity index (χ4v) is 1.42. The van der Waals surface area contributed by atoms with Gasteiger partial charge in [0.2, 0.25) is 0 Å². The lowest BCUT2D eigenvalue weighted by molar-refractivity contribution is -0.109. The zero-order valence-corrected chi connectivity index (χ0v) is 8.57. The van der Waals surface area contributed by atoms with Crippen LogP contribution >= 0.6 is 0 Å². The van der Waals surface area contributed by atoms with Crippen molar-refractivity contribution in [2.24, 2.45) is 0 Å². The highest BCUT2D eigenvalue weighted by Crippen LogP contribution is 2.20. The number of benzene rings is 1. The molecule has 0 fully saturated rings. The van der Waals surface area contributed by atoms with E-state index in [0.717, 1.165) is 30.3 Å². The van der Waals surface area contributed by atoms with E-state index in [0.29, 0.717) is 0 Å². The first-order chi connectivity index (χ1) is 6.74. The van der Waals surface area contributed by atoms with Crippen LogP contribution in [-0.2, 0) is 4.79 Å². The zero-order valence-electron chi connectivity index (χ0n) is 8.57. The van der Waals surface area contributed by atoms with Gasteiger partial charge in [-0.2, -0.15) is 0 Å². The zero-order chi connectivity index (χ0) is 10.4. The van der Waals surface area contributed by atoms with Crippen LogP contribution in [0.25, 0.3) is 0 Å². The minimum atomic E-state index is 0.0212. The maximum absolute atomic E-state index is 10.9. The molecule has 1 heteroatoms. The van der Waals surface area contributed by atoms with Gasteiger partial charge in [-0.05, 0) is 25.3 Å². The lowest BCUT2D eigenvalue weighted by atomic mass is 9.94. The second kappa shape index (κ2) is 5.38. The fourth-order valence-electron chi connectivity index (χ4n) is 1.42. The number of allylic oxidation sites excluding steroid dienone is 1. The molecule has 0 aromatic heterocycles. The fraction of sp³-hybridized carbons (Fsp3) is 0.308. The Balaban J connectivity index is 2.63. The molecule has 74 valence electrons. The molecule has 0 radical (unpaired) electrons. The van der Waals surface area contributed by atoms with Crippen LogP contribution < -0.4 is 0 Å². The molecule has 1 unspecified atom stereocenters. The molecule has 0 aliphatic carbocycles. The van der Waals surface area contributed by atoms with Crippen LogP contribution in [0.2, 0.25) is 0 Å². The van der Waals surface area contributed by atoms with Crippen molar-refractivity contribution in [3.05, 3.63) is 48.0 Å². The number of carbonyl (C=O) groups excluding carboxylic acids is 1. The maximum Gasteiger partial charge on any atom is 0.127 e. The second-order valence-corrected chi connectivity index (χ2v) is 3.65. The third-order valence-electron chi connectivity index (χ3n) is 2.27. The van der Waals surface area contributed by atoms with E-state index in [1.54, 1.807) is 0 Å². The van der Waals surface area contributed by atoms with Crippen LogP contribution in [0.4, 0.5) is 0 Å². The Labute approximate surface area is 85.5 Å². The van der Waals surface area contributed by atoms with Crippen molar-refractivity contribution in [1.29, 1.82) is 0 Å². The van der Waals surface area contributed by atoms with Gasteiger partial charge in [0.15, 0.2) is 0 Å². The molecule has 0 N–H and O–H groups in total. The Morgan fingerprint density at radius 3 is 2.57 bits per heavy atom. The summed E-state index contributed by atoms with van der Waals surface area (Å²) in [5.74, 6) is 0.0212. The minimum Gasteiger partial charge on any atom is -0.303 e. The van der Waals surface area contributed by atoms with Crippen LogP contribution in [0.15, 0.2) is 42.5 Å². The van der Waals surface area contributed by atoms with Crippen LogP contribution in [0.3, 0.4) is 0 Å². The van der Waals surface area contributed by atoms with Gasteiger partial charge in [-0.15, -0.1) is 6.58 Å². The molecule has 1 nitrogen and oxygen atoms in total. The Hall–Kier alpha value is -1.37. The van der Waals surface area contributed by atoms with E-state index in [1.807, 2.05) is 37.3 Å². The average Bonchev–Trinajstić information content (AvgIpc) is 2.20. The van der Waals surface area contributed by atoms with E-state index in [-0.39, 0.29) is 5.92 Å². The Bertz CT molecular complexity index is 300. The summed E-state index contributed by atoms with van der Waals surface area (Å²) < 4.78 is 0. The van der Waals surface area contributed by atoms with E-state index in [2.05, 4.69) is 6.58 Å². The molecule has 14 heavy (non-hydrogen) atoms. The van der Waals surface area contributed by atoms with E-state index < -0.39 is 0 Å². The van der Waals surface area contributed by atoms with Crippen molar-refractivity contribution >= 4 is 6.29 Å². The lowest BCUT2D eigenvalue weighted by Gasteiger charge is -2.09. The van der Waals surface area contributed by atoms with Gasteiger partial charge < -0.3 is 4.79 Å². The van der Waals surface area contributed by atoms with Crippen molar-refractivity contribution in [1.82, 2.24) is 0 Å². The van der Waals surface area contributed by atoms with Gasteiger partial charge >= 0.3 is 0 Å². The SMILES string of the molecule is C=C(C)CCC(C=O)c1ccccc1. The third-order valence-corrected chi connectivity index (χ3v) is 2.27. The number of hydrogen-bond donors (Lipinski definition) is 0. The Kier molecular flexibility index (Phi) is 4.11. The Morgan fingerprint density at radius 1 is 1.43 bits per heavy atom. The summed E-state index contributed by atoms with van der Waals surface area (Å²) in [5, 5.41) is 0. The van der Waals surface area contributed by atoms with Gasteiger partial charge in [0.1, 0.15) is 6.29 Å². The summed E-state index contributed by atoms with van der Waals surface area (Å²) >= 11 is 0. The monoisotopic (exact) mass is 188 g/mol. The molecular formula is C13H16O. The highest BCUT2D eigenvalue weighted by Gasteiger charge is 2.08. The van der Waals surface area contributed by atoms with Crippen LogP contribution in [0, 0.1) is 0 Å².